The minimum atomic E-state index is 0.291. The van der Waals surface area contributed by atoms with E-state index in [4.69, 9.17) is 0 Å². The molecule has 0 unspecified atom stereocenters. The van der Waals surface area contributed by atoms with Gasteiger partial charge in [-0.05, 0) is 26.2 Å². The predicted octanol–water partition coefficient (Wildman–Crippen LogP) is 3.85. The molecular formula is C14H29NO. The van der Waals surface area contributed by atoms with Gasteiger partial charge in [0.15, 0.2) is 0 Å². The smallest absolute Gasteiger partial charge is 0.222 e. The van der Waals surface area contributed by atoms with Gasteiger partial charge in [-0.2, -0.15) is 0 Å². The largest absolute Gasteiger partial charge is 0.343 e. The topological polar surface area (TPSA) is 20.3 Å². The standard InChI is InChI=1S/C14H29NO/c1-12(2)10-8-6-7-9-11-14(16)15(5)13(3)4/h12-13H,6-11H2,1-5H3. The lowest BCUT2D eigenvalue weighted by Crippen LogP contribution is -2.32. The molecule has 0 saturated heterocycles. The molecule has 0 spiro atoms. The van der Waals surface area contributed by atoms with Crippen molar-refractivity contribution >= 4 is 5.91 Å². The molecular weight excluding hydrogens is 198 g/mol. The highest BCUT2D eigenvalue weighted by atomic mass is 16.2. The molecule has 0 rings (SSSR count). The Balaban J connectivity index is 3.41. The van der Waals surface area contributed by atoms with Gasteiger partial charge in [-0.1, -0.05) is 39.5 Å². The molecule has 0 aliphatic rings. The van der Waals surface area contributed by atoms with E-state index >= 15 is 0 Å². The van der Waals surface area contributed by atoms with Gasteiger partial charge in [-0.25, -0.2) is 0 Å². The van der Waals surface area contributed by atoms with Crippen LogP contribution in [0.15, 0.2) is 0 Å². The van der Waals surface area contributed by atoms with Crippen LogP contribution in [-0.4, -0.2) is 23.9 Å². The molecule has 0 N–H and O–H groups in total. The molecule has 16 heavy (non-hydrogen) atoms. The zero-order chi connectivity index (χ0) is 12.6. The molecule has 0 aromatic carbocycles. The van der Waals surface area contributed by atoms with Gasteiger partial charge in [0.25, 0.3) is 0 Å². The Morgan fingerprint density at radius 1 is 1.00 bits per heavy atom. The van der Waals surface area contributed by atoms with E-state index in [0.29, 0.717) is 11.9 Å². The molecule has 96 valence electrons. The Hall–Kier alpha value is -0.530. The molecule has 0 aromatic rings. The first-order valence-electron chi connectivity index (χ1n) is 6.70. The van der Waals surface area contributed by atoms with Crippen LogP contribution in [0.25, 0.3) is 0 Å². The van der Waals surface area contributed by atoms with Crippen LogP contribution in [0, 0.1) is 5.92 Å². The van der Waals surface area contributed by atoms with E-state index in [1.165, 1.54) is 25.7 Å². The van der Waals surface area contributed by atoms with E-state index < -0.39 is 0 Å². The van der Waals surface area contributed by atoms with Gasteiger partial charge < -0.3 is 4.90 Å². The predicted molar refractivity (Wildman–Crippen MR) is 70.4 cm³/mol. The summed E-state index contributed by atoms with van der Waals surface area (Å²) in [5.41, 5.74) is 0. The van der Waals surface area contributed by atoms with Crippen LogP contribution in [0.2, 0.25) is 0 Å². The number of carbonyl (C=O) groups is 1. The normalized spacial score (nSPS) is 11.2. The van der Waals surface area contributed by atoms with Gasteiger partial charge in [0.05, 0.1) is 0 Å². The summed E-state index contributed by atoms with van der Waals surface area (Å²) in [6, 6.07) is 0.327. The van der Waals surface area contributed by atoms with Gasteiger partial charge in [0, 0.05) is 19.5 Å². The first kappa shape index (κ1) is 15.5. The molecule has 0 saturated carbocycles. The van der Waals surface area contributed by atoms with Crippen molar-refractivity contribution in [2.75, 3.05) is 7.05 Å². The molecule has 0 atom stereocenters. The fourth-order valence-electron chi connectivity index (χ4n) is 1.65. The fraction of sp³-hybridized carbons (Fsp3) is 0.929. The van der Waals surface area contributed by atoms with E-state index in [1.807, 2.05) is 11.9 Å². The zero-order valence-electron chi connectivity index (χ0n) is 11.8. The molecule has 0 aromatic heterocycles. The second-order valence-corrected chi connectivity index (χ2v) is 5.45. The van der Waals surface area contributed by atoms with Gasteiger partial charge in [0.2, 0.25) is 5.91 Å². The molecule has 0 fully saturated rings. The Kier molecular flexibility index (Phi) is 8.32. The summed E-state index contributed by atoms with van der Waals surface area (Å²) in [7, 11) is 1.89. The number of amides is 1. The molecule has 2 heteroatoms. The van der Waals surface area contributed by atoms with Crippen molar-refractivity contribution in [1.82, 2.24) is 4.90 Å². The molecule has 0 radical (unpaired) electrons. The van der Waals surface area contributed by atoms with E-state index in [2.05, 4.69) is 27.7 Å². The first-order chi connectivity index (χ1) is 7.45. The molecule has 0 heterocycles. The Labute approximate surface area is 101 Å². The van der Waals surface area contributed by atoms with Crippen molar-refractivity contribution in [2.45, 2.75) is 72.3 Å². The SMILES string of the molecule is CC(C)CCCCCCC(=O)N(C)C(C)C. The summed E-state index contributed by atoms with van der Waals surface area (Å²) >= 11 is 0. The minimum absolute atomic E-state index is 0.291. The van der Waals surface area contributed by atoms with Crippen molar-refractivity contribution in [3.05, 3.63) is 0 Å². The second kappa shape index (κ2) is 8.60. The van der Waals surface area contributed by atoms with Crippen LogP contribution >= 0.6 is 0 Å². The number of rotatable bonds is 8. The third-order valence-corrected chi connectivity index (χ3v) is 3.09. The third kappa shape index (κ3) is 7.72. The van der Waals surface area contributed by atoms with Gasteiger partial charge in [-0.3, -0.25) is 4.79 Å². The Morgan fingerprint density at radius 3 is 2.06 bits per heavy atom. The molecule has 0 aliphatic heterocycles. The highest BCUT2D eigenvalue weighted by Gasteiger charge is 2.10. The molecule has 0 aliphatic carbocycles. The van der Waals surface area contributed by atoms with E-state index in [9.17, 15) is 4.79 Å². The lowest BCUT2D eigenvalue weighted by Gasteiger charge is -2.21. The van der Waals surface area contributed by atoms with Gasteiger partial charge in [0.1, 0.15) is 0 Å². The maximum absolute atomic E-state index is 11.7. The lowest BCUT2D eigenvalue weighted by molar-refractivity contribution is -0.131. The number of unbranched alkanes of at least 4 members (excludes halogenated alkanes) is 3. The monoisotopic (exact) mass is 227 g/mol. The van der Waals surface area contributed by atoms with Gasteiger partial charge >= 0.3 is 0 Å². The minimum Gasteiger partial charge on any atom is -0.343 e. The van der Waals surface area contributed by atoms with E-state index in [-0.39, 0.29) is 0 Å². The summed E-state index contributed by atoms with van der Waals surface area (Å²) in [4.78, 5) is 13.5. The number of nitrogens with zero attached hydrogens (tertiary/aromatic N) is 1. The number of hydrogen-bond donors (Lipinski definition) is 0. The zero-order valence-corrected chi connectivity index (χ0v) is 11.8. The average molecular weight is 227 g/mol. The average Bonchev–Trinajstić information content (AvgIpc) is 2.21. The van der Waals surface area contributed by atoms with Crippen LogP contribution < -0.4 is 0 Å². The quantitative estimate of drug-likeness (QED) is 0.577. The van der Waals surface area contributed by atoms with Crippen molar-refractivity contribution in [2.24, 2.45) is 5.92 Å². The van der Waals surface area contributed by atoms with Crippen LogP contribution in [0.3, 0.4) is 0 Å². The summed E-state index contributed by atoms with van der Waals surface area (Å²) < 4.78 is 0. The second-order valence-electron chi connectivity index (χ2n) is 5.45. The third-order valence-electron chi connectivity index (χ3n) is 3.09. The highest BCUT2D eigenvalue weighted by Crippen LogP contribution is 2.11. The maximum Gasteiger partial charge on any atom is 0.222 e. The van der Waals surface area contributed by atoms with Crippen LogP contribution in [0.4, 0.5) is 0 Å². The van der Waals surface area contributed by atoms with Crippen molar-refractivity contribution in [3.8, 4) is 0 Å². The van der Waals surface area contributed by atoms with E-state index in [0.717, 1.165) is 18.8 Å². The maximum atomic E-state index is 11.7. The Bertz CT molecular complexity index is 187. The molecule has 0 bridgehead atoms. The molecule has 2 nitrogen and oxygen atoms in total. The lowest BCUT2D eigenvalue weighted by atomic mass is 10.0. The summed E-state index contributed by atoms with van der Waals surface area (Å²) in [6.45, 7) is 8.64. The van der Waals surface area contributed by atoms with Crippen molar-refractivity contribution < 1.29 is 4.79 Å². The van der Waals surface area contributed by atoms with Crippen molar-refractivity contribution in [3.63, 3.8) is 0 Å². The van der Waals surface area contributed by atoms with Crippen LogP contribution in [-0.2, 0) is 4.79 Å². The van der Waals surface area contributed by atoms with Gasteiger partial charge in [-0.15, -0.1) is 0 Å². The summed E-state index contributed by atoms with van der Waals surface area (Å²) in [6.07, 6.45) is 6.87. The highest BCUT2D eigenvalue weighted by molar-refractivity contribution is 5.76. The summed E-state index contributed by atoms with van der Waals surface area (Å²) in [5, 5.41) is 0. The fourth-order valence-corrected chi connectivity index (χ4v) is 1.65. The number of carbonyl (C=O) groups excluding carboxylic acids is 1. The molecule has 1 amide bonds. The number of hydrogen-bond acceptors (Lipinski definition) is 1. The van der Waals surface area contributed by atoms with Crippen LogP contribution in [0.1, 0.15) is 66.2 Å². The van der Waals surface area contributed by atoms with E-state index in [1.54, 1.807) is 0 Å². The van der Waals surface area contributed by atoms with Crippen molar-refractivity contribution in [1.29, 1.82) is 0 Å². The Morgan fingerprint density at radius 2 is 1.56 bits per heavy atom. The summed E-state index contributed by atoms with van der Waals surface area (Å²) in [5.74, 6) is 1.10. The first-order valence-corrected chi connectivity index (χ1v) is 6.70. The van der Waals surface area contributed by atoms with Crippen LogP contribution in [0.5, 0.6) is 0 Å².